The average molecular weight is 453 g/mol. The number of para-hydroxylation sites is 2. The molecule has 8 nitrogen and oxygen atoms in total. The summed E-state index contributed by atoms with van der Waals surface area (Å²) in [4.78, 5) is 29.2. The highest BCUT2D eigenvalue weighted by Gasteiger charge is 2.38. The van der Waals surface area contributed by atoms with E-state index in [1.165, 1.54) is 4.90 Å². The molecule has 0 N–H and O–H groups in total. The Morgan fingerprint density at radius 3 is 2.69 bits per heavy atom. The van der Waals surface area contributed by atoms with E-state index < -0.39 is 6.10 Å². The van der Waals surface area contributed by atoms with Crippen molar-refractivity contribution in [1.82, 2.24) is 15.1 Å². The Bertz CT molecular complexity index is 1180. The molecule has 0 saturated heterocycles. The van der Waals surface area contributed by atoms with Crippen LogP contribution in [0.1, 0.15) is 25.7 Å². The van der Waals surface area contributed by atoms with Gasteiger partial charge in [0.05, 0.1) is 22.8 Å². The number of aromatic nitrogens is 2. The molecule has 1 atom stereocenters. The number of hydrogen-bond acceptors (Lipinski definition) is 6. The Hall–Kier alpha value is -3.39. The minimum Gasteiger partial charge on any atom is -0.479 e. The highest BCUT2D eigenvalue weighted by atomic mass is 35.5. The lowest BCUT2D eigenvalue weighted by Crippen LogP contribution is -2.49. The Morgan fingerprint density at radius 2 is 1.91 bits per heavy atom. The fourth-order valence-corrected chi connectivity index (χ4v) is 3.98. The molecule has 1 aromatic heterocycles. The molecule has 1 unspecified atom stereocenters. The average Bonchev–Trinajstić information content (AvgIpc) is 3.53. The van der Waals surface area contributed by atoms with E-state index in [0.29, 0.717) is 33.8 Å². The third kappa shape index (κ3) is 3.93. The van der Waals surface area contributed by atoms with E-state index >= 15 is 0 Å². The molecule has 2 heterocycles. The molecule has 1 aliphatic carbocycles. The quantitative estimate of drug-likeness (QED) is 0.566. The Balaban J connectivity index is 1.35. The summed E-state index contributed by atoms with van der Waals surface area (Å²) in [5.41, 5.74) is 1.24. The fourth-order valence-electron chi connectivity index (χ4n) is 3.76. The van der Waals surface area contributed by atoms with Gasteiger partial charge in [0.2, 0.25) is 17.7 Å². The second-order valence-corrected chi connectivity index (χ2v) is 8.29. The van der Waals surface area contributed by atoms with Crippen LogP contribution >= 0.6 is 11.6 Å². The molecule has 32 heavy (non-hydrogen) atoms. The second-order valence-electron chi connectivity index (χ2n) is 7.89. The lowest BCUT2D eigenvalue weighted by molar-refractivity contribution is -0.134. The molecule has 1 saturated carbocycles. The number of carbonyl (C=O) groups is 2. The molecule has 2 amide bonds. The molecule has 0 radical (unpaired) electrons. The predicted molar refractivity (Wildman–Crippen MR) is 117 cm³/mol. The van der Waals surface area contributed by atoms with E-state index in [9.17, 15) is 9.59 Å². The topological polar surface area (TPSA) is 88.8 Å². The van der Waals surface area contributed by atoms with Gasteiger partial charge in [0.15, 0.2) is 6.10 Å². The first kappa shape index (κ1) is 20.5. The first-order valence-electron chi connectivity index (χ1n) is 10.4. The number of carbonyl (C=O) groups excluding carboxylic acids is 2. The third-order valence-corrected chi connectivity index (χ3v) is 5.88. The molecule has 1 aliphatic heterocycles. The Morgan fingerprint density at radius 1 is 1.16 bits per heavy atom. The number of benzene rings is 2. The zero-order valence-corrected chi connectivity index (χ0v) is 18.2. The van der Waals surface area contributed by atoms with Gasteiger partial charge in [0.25, 0.3) is 5.91 Å². The van der Waals surface area contributed by atoms with Crippen LogP contribution in [0, 0.1) is 0 Å². The van der Waals surface area contributed by atoms with Gasteiger partial charge in [-0.2, -0.15) is 0 Å². The van der Waals surface area contributed by atoms with E-state index in [0.717, 1.165) is 12.8 Å². The van der Waals surface area contributed by atoms with Crippen molar-refractivity contribution in [2.24, 2.45) is 0 Å². The summed E-state index contributed by atoms with van der Waals surface area (Å²) in [6.45, 7) is 1.78. The first-order valence-corrected chi connectivity index (χ1v) is 10.8. The van der Waals surface area contributed by atoms with Crippen molar-refractivity contribution in [3.63, 3.8) is 0 Å². The lowest BCUT2D eigenvalue weighted by Gasteiger charge is -2.33. The number of hydrogen-bond donors (Lipinski definition) is 0. The van der Waals surface area contributed by atoms with Crippen LogP contribution in [0.5, 0.6) is 5.75 Å². The van der Waals surface area contributed by atoms with Crippen molar-refractivity contribution in [3.8, 4) is 17.2 Å². The van der Waals surface area contributed by atoms with E-state index in [1.807, 2.05) is 24.3 Å². The number of amides is 2. The van der Waals surface area contributed by atoms with Crippen molar-refractivity contribution >= 4 is 29.1 Å². The van der Waals surface area contributed by atoms with Crippen LogP contribution < -0.4 is 9.64 Å². The summed E-state index contributed by atoms with van der Waals surface area (Å²) in [7, 11) is 0. The van der Waals surface area contributed by atoms with Gasteiger partial charge in [-0.1, -0.05) is 35.9 Å². The van der Waals surface area contributed by atoms with Gasteiger partial charge in [-0.05, 0) is 44.0 Å². The minimum atomic E-state index is -0.652. The van der Waals surface area contributed by atoms with Crippen LogP contribution in [0.3, 0.4) is 0 Å². The van der Waals surface area contributed by atoms with Crippen LogP contribution in [-0.2, 0) is 16.1 Å². The molecule has 3 aromatic rings. The van der Waals surface area contributed by atoms with E-state index in [4.69, 9.17) is 20.8 Å². The molecule has 1 fully saturated rings. The largest absolute Gasteiger partial charge is 0.479 e. The maximum absolute atomic E-state index is 13.3. The summed E-state index contributed by atoms with van der Waals surface area (Å²) in [5.74, 6) is 0.794. The fraction of sp³-hybridized carbons (Fsp3) is 0.304. The van der Waals surface area contributed by atoms with E-state index in [1.54, 1.807) is 36.1 Å². The summed E-state index contributed by atoms with van der Waals surface area (Å²) in [6.07, 6.45) is 1.16. The second kappa shape index (κ2) is 8.27. The van der Waals surface area contributed by atoms with Crippen LogP contribution in [0.2, 0.25) is 5.02 Å². The predicted octanol–water partition coefficient (Wildman–Crippen LogP) is 3.70. The highest BCUT2D eigenvalue weighted by molar-refractivity contribution is 6.33. The number of halogens is 1. The van der Waals surface area contributed by atoms with Gasteiger partial charge in [0.1, 0.15) is 12.3 Å². The van der Waals surface area contributed by atoms with E-state index in [2.05, 4.69) is 10.2 Å². The van der Waals surface area contributed by atoms with Gasteiger partial charge in [-0.25, -0.2) is 0 Å². The maximum atomic E-state index is 13.3. The number of rotatable bonds is 6. The summed E-state index contributed by atoms with van der Waals surface area (Å²) < 4.78 is 11.5. The Kier molecular flexibility index (Phi) is 5.30. The maximum Gasteiger partial charge on any atom is 0.268 e. The van der Waals surface area contributed by atoms with Gasteiger partial charge in [-0.3, -0.25) is 14.5 Å². The van der Waals surface area contributed by atoms with Gasteiger partial charge in [-0.15, -0.1) is 10.2 Å². The normalized spacial score (nSPS) is 17.6. The van der Waals surface area contributed by atoms with Crippen LogP contribution in [0.4, 0.5) is 5.69 Å². The lowest BCUT2D eigenvalue weighted by atomic mass is 10.2. The van der Waals surface area contributed by atoms with Crippen molar-refractivity contribution in [1.29, 1.82) is 0 Å². The molecule has 0 spiro atoms. The number of ether oxygens (including phenoxy) is 1. The summed E-state index contributed by atoms with van der Waals surface area (Å²) in [5, 5.41) is 8.70. The number of nitrogens with zero attached hydrogens (tertiary/aromatic N) is 4. The standard InChI is InChI=1S/C23H21ClN4O4/c1-14-23(30)28(18-8-4-5-9-19(18)31-14)13-21(29)27(15-10-11-15)12-20-25-26-22(32-20)16-6-2-3-7-17(16)24/h2-9,14-15H,10-13H2,1H3. The Labute approximate surface area is 189 Å². The SMILES string of the molecule is CC1Oc2ccccc2N(CC(=O)N(Cc2nnc(-c3ccccc3Cl)o2)C2CC2)C1=O. The highest BCUT2D eigenvalue weighted by Crippen LogP contribution is 2.35. The third-order valence-electron chi connectivity index (χ3n) is 5.55. The first-order chi connectivity index (χ1) is 15.5. The minimum absolute atomic E-state index is 0.0778. The van der Waals surface area contributed by atoms with Crippen molar-refractivity contribution < 1.29 is 18.7 Å². The van der Waals surface area contributed by atoms with Crippen LogP contribution in [0.15, 0.2) is 52.9 Å². The van der Waals surface area contributed by atoms with E-state index in [-0.39, 0.29) is 30.9 Å². The van der Waals surface area contributed by atoms with Crippen molar-refractivity contribution in [2.75, 3.05) is 11.4 Å². The molecular weight excluding hydrogens is 432 g/mol. The molecule has 9 heteroatoms. The van der Waals surface area contributed by atoms with Crippen molar-refractivity contribution in [2.45, 2.75) is 38.5 Å². The smallest absolute Gasteiger partial charge is 0.268 e. The summed E-state index contributed by atoms with van der Waals surface area (Å²) in [6, 6.07) is 14.5. The van der Waals surface area contributed by atoms with Crippen molar-refractivity contribution in [3.05, 3.63) is 59.4 Å². The number of fused-ring (bicyclic) bond motifs is 1. The molecule has 164 valence electrons. The molecular formula is C23H21ClN4O4. The van der Waals surface area contributed by atoms with Crippen LogP contribution in [0.25, 0.3) is 11.5 Å². The van der Waals surface area contributed by atoms with Gasteiger partial charge < -0.3 is 14.1 Å². The zero-order valence-electron chi connectivity index (χ0n) is 17.4. The molecule has 2 aliphatic rings. The molecule has 5 rings (SSSR count). The van der Waals surface area contributed by atoms with Crippen LogP contribution in [-0.4, -0.2) is 45.6 Å². The summed E-state index contributed by atoms with van der Waals surface area (Å²) >= 11 is 6.22. The zero-order chi connectivity index (χ0) is 22.2. The number of anilines is 1. The van der Waals surface area contributed by atoms with Gasteiger partial charge in [0, 0.05) is 6.04 Å². The van der Waals surface area contributed by atoms with Gasteiger partial charge >= 0.3 is 0 Å². The molecule has 2 aromatic carbocycles. The molecule has 0 bridgehead atoms. The monoisotopic (exact) mass is 452 g/mol.